The van der Waals surface area contributed by atoms with E-state index in [1.54, 1.807) is 12.2 Å². The van der Waals surface area contributed by atoms with Gasteiger partial charge in [-0.05, 0) is 30.7 Å². The lowest BCUT2D eigenvalue weighted by atomic mass is 10.1. The van der Waals surface area contributed by atoms with Crippen LogP contribution < -0.4 is 5.73 Å². The molecule has 0 fully saturated rings. The van der Waals surface area contributed by atoms with E-state index in [-0.39, 0.29) is 0 Å². The summed E-state index contributed by atoms with van der Waals surface area (Å²) in [6.45, 7) is 0.508. The fourth-order valence-corrected chi connectivity index (χ4v) is 1.14. The summed E-state index contributed by atoms with van der Waals surface area (Å²) in [4.78, 5) is 0. The Hall–Kier alpha value is -1.29. The standard InChI is InChI=1S/C11H12F3N/c12-10-7-8(3-1-2-6-15)4-5-9(10)11(13)14/h1,3-5,7,11H,2,6,15H2. The third kappa shape index (κ3) is 3.40. The molecule has 0 saturated heterocycles. The highest BCUT2D eigenvalue weighted by Gasteiger charge is 2.12. The Morgan fingerprint density at radius 1 is 1.33 bits per heavy atom. The maximum atomic E-state index is 13.1. The highest BCUT2D eigenvalue weighted by atomic mass is 19.3. The van der Waals surface area contributed by atoms with Crippen molar-refractivity contribution in [3.05, 3.63) is 41.2 Å². The summed E-state index contributed by atoms with van der Waals surface area (Å²) in [5, 5.41) is 0. The van der Waals surface area contributed by atoms with Crippen LogP contribution in [0.1, 0.15) is 24.0 Å². The van der Waals surface area contributed by atoms with E-state index in [0.717, 1.165) is 12.1 Å². The van der Waals surface area contributed by atoms with E-state index in [9.17, 15) is 13.2 Å². The Morgan fingerprint density at radius 3 is 2.60 bits per heavy atom. The predicted octanol–water partition coefficient (Wildman–Crippen LogP) is 3.13. The lowest BCUT2D eigenvalue weighted by molar-refractivity contribution is 0.146. The summed E-state index contributed by atoms with van der Waals surface area (Å²) in [6.07, 6.45) is 1.34. The van der Waals surface area contributed by atoms with Crippen LogP contribution in [0.5, 0.6) is 0 Å². The molecule has 2 N–H and O–H groups in total. The zero-order valence-electron chi connectivity index (χ0n) is 8.09. The molecule has 1 aromatic rings. The molecule has 0 aliphatic carbocycles. The van der Waals surface area contributed by atoms with E-state index in [1.165, 1.54) is 6.07 Å². The van der Waals surface area contributed by atoms with Crippen molar-refractivity contribution in [3.8, 4) is 0 Å². The topological polar surface area (TPSA) is 26.0 Å². The lowest BCUT2D eigenvalue weighted by Gasteiger charge is -2.02. The molecule has 0 aliphatic heterocycles. The minimum absolute atomic E-state index is 0.508. The van der Waals surface area contributed by atoms with Crippen LogP contribution in [0.25, 0.3) is 6.08 Å². The summed E-state index contributed by atoms with van der Waals surface area (Å²) in [5.74, 6) is -0.875. The number of hydrogen-bond donors (Lipinski definition) is 1. The van der Waals surface area contributed by atoms with E-state index in [4.69, 9.17) is 5.73 Å². The van der Waals surface area contributed by atoms with Gasteiger partial charge in [0.2, 0.25) is 0 Å². The molecule has 82 valence electrons. The third-order valence-corrected chi connectivity index (χ3v) is 1.90. The molecule has 0 amide bonds. The van der Waals surface area contributed by atoms with E-state index in [1.807, 2.05) is 0 Å². The van der Waals surface area contributed by atoms with E-state index in [2.05, 4.69) is 0 Å². The smallest absolute Gasteiger partial charge is 0.266 e. The van der Waals surface area contributed by atoms with Gasteiger partial charge in [0, 0.05) is 0 Å². The van der Waals surface area contributed by atoms with Crippen molar-refractivity contribution in [2.24, 2.45) is 5.73 Å². The molecule has 0 unspecified atom stereocenters. The highest BCUT2D eigenvalue weighted by Crippen LogP contribution is 2.22. The zero-order valence-corrected chi connectivity index (χ0v) is 8.09. The van der Waals surface area contributed by atoms with Crippen molar-refractivity contribution in [2.75, 3.05) is 6.54 Å². The highest BCUT2D eigenvalue weighted by molar-refractivity contribution is 5.50. The number of hydrogen-bond acceptors (Lipinski definition) is 1. The zero-order chi connectivity index (χ0) is 11.3. The molecule has 1 aromatic carbocycles. The fourth-order valence-electron chi connectivity index (χ4n) is 1.14. The van der Waals surface area contributed by atoms with Crippen molar-refractivity contribution in [1.82, 2.24) is 0 Å². The first-order valence-electron chi connectivity index (χ1n) is 4.59. The predicted molar refractivity (Wildman–Crippen MR) is 54.1 cm³/mol. The summed E-state index contributed by atoms with van der Waals surface area (Å²) in [5.41, 5.74) is 5.26. The van der Waals surface area contributed by atoms with Gasteiger partial charge in [-0.3, -0.25) is 0 Å². The minimum atomic E-state index is -2.77. The van der Waals surface area contributed by atoms with Crippen molar-refractivity contribution in [2.45, 2.75) is 12.8 Å². The lowest BCUT2D eigenvalue weighted by Crippen LogP contribution is -1.95. The molecule has 0 spiro atoms. The molecule has 0 aromatic heterocycles. The van der Waals surface area contributed by atoms with Crippen LogP contribution in [-0.2, 0) is 0 Å². The third-order valence-electron chi connectivity index (χ3n) is 1.90. The van der Waals surface area contributed by atoms with Crippen LogP contribution in [0.3, 0.4) is 0 Å². The average Bonchev–Trinajstić information content (AvgIpc) is 2.17. The molecule has 0 saturated carbocycles. The summed E-state index contributed by atoms with van der Waals surface area (Å²) >= 11 is 0. The van der Waals surface area contributed by atoms with Gasteiger partial charge in [0.25, 0.3) is 6.43 Å². The second kappa shape index (κ2) is 5.56. The SMILES string of the molecule is NCCC=Cc1ccc(C(F)F)c(F)c1. The van der Waals surface area contributed by atoms with Crippen molar-refractivity contribution in [1.29, 1.82) is 0 Å². The van der Waals surface area contributed by atoms with Gasteiger partial charge >= 0.3 is 0 Å². The van der Waals surface area contributed by atoms with Gasteiger partial charge in [-0.2, -0.15) is 0 Å². The monoisotopic (exact) mass is 215 g/mol. The van der Waals surface area contributed by atoms with E-state index in [0.29, 0.717) is 18.5 Å². The Bertz CT molecular complexity index is 348. The normalized spacial score (nSPS) is 11.5. The van der Waals surface area contributed by atoms with Gasteiger partial charge in [-0.1, -0.05) is 18.2 Å². The molecule has 0 heterocycles. The van der Waals surface area contributed by atoms with Gasteiger partial charge in [-0.15, -0.1) is 0 Å². The number of rotatable bonds is 4. The van der Waals surface area contributed by atoms with Gasteiger partial charge in [-0.25, -0.2) is 13.2 Å². The number of alkyl halides is 2. The summed E-state index contributed by atoms with van der Waals surface area (Å²) in [6, 6.07) is 3.65. The van der Waals surface area contributed by atoms with Crippen LogP contribution in [0, 0.1) is 5.82 Å². The molecular weight excluding hydrogens is 203 g/mol. The Labute approximate surface area is 86.4 Å². The first kappa shape index (κ1) is 11.8. The molecular formula is C11H12F3N. The van der Waals surface area contributed by atoms with Crippen molar-refractivity contribution in [3.63, 3.8) is 0 Å². The Kier molecular flexibility index (Phi) is 4.37. The van der Waals surface area contributed by atoms with E-state index >= 15 is 0 Å². The van der Waals surface area contributed by atoms with Gasteiger partial charge < -0.3 is 5.73 Å². The first-order chi connectivity index (χ1) is 7.15. The van der Waals surface area contributed by atoms with Crippen LogP contribution in [0.4, 0.5) is 13.2 Å². The Morgan fingerprint density at radius 2 is 2.07 bits per heavy atom. The molecule has 15 heavy (non-hydrogen) atoms. The molecule has 0 atom stereocenters. The summed E-state index contributed by atoms with van der Waals surface area (Å²) < 4.78 is 37.5. The number of halogens is 3. The van der Waals surface area contributed by atoms with Crippen LogP contribution in [-0.4, -0.2) is 6.54 Å². The first-order valence-corrected chi connectivity index (χ1v) is 4.59. The molecule has 1 nitrogen and oxygen atoms in total. The molecule has 0 radical (unpaired) electrons. The largest absolute Gasteiger partial charge is 0.330 e. The van der Waals surface area contributed by atoms with Crippen molar-refractivity contribution >= 4 is 6.08 Å². The maximum absolute atomic E-state index is 13.1. The van der Waals surface area contributed by atoms with E-state index < -0.39 is 17.8 Å². The second-order valence-corrected chi connectivity index (χ2v) is 3.06. The fraction of sp³-hybridized carbons (Fsp3) is 0.273. The molecule has 0 bridgehead atoms. The van der Waals surface area contributed by atoms with Crippen LogP contribution >= 0.6 is 0 Å². The molecule has 1 rings (SSSR count). The van der Waals surface area contributed by atoms with Gasteiger partial charge in [0.05, 0.1) is 5.56 Å². The summed E-state index contributed by atoms with van der Waals surface area (Å²) in [7, 11) is 0. The minimum Gasteiger partial charge on any atom is -0.330 e. The Balaban J connectivity index is 2.82. The van der Waals surface area contributed by atoms with Crippen LogP contribution in [0.15, 0.2) is 24.3 Å². The van der Waals surface area contributed by atoms with Crippen LogP contribution in [0.2, 0.25) is 0 Å². The second-order valence-electron chi connectivity index (χ2n) is 3.06. The van der Waals surface area contributed by atoms with Gasteiger partial charge in [0.15, 0.2) is 0 Å². The quantitative estimate of drug-likeness (QED) is 0.820. The molecule has 0 aliphatic rings. The maximum Gasteiger partial charge on any atom is 0.266 e. The number of benzene rings is 1. The van der Waals surface area contributed by atoms with Gasteiger partial charge in [0.1, 0.15) is 5.82 Å². The molecule has 4 heteroatoms. The van der Waals surface area contributed by atoms with Crippen molar-refractivity contribution < 1.29 is 13.2 Å². The average molecular weight is 215 g/mol. The number of nitrogens with two attached hydrogens (primary N) is 1.